The lowest BCUT2D eigenvalue weighted by Gasteiger charge is -2.00. The van der Waals surface area contributed by atoms with Gasteiger partial charge in [-0.3, -0.25) is 4.98 Å². The Kier molecular flexibility index (Phi) is 2.59. The predicted octanol–water partition coefficient (Wildman–Crippen LogP) is 1.98. The third-order valence-corrected chi connectivity index (χ3v) is 1.99. The molecule has 0 aliphatic rings. The molecule has 16 heavy (non-hydrogen) atoms. The summed E-state index contributed by atoms with van der Waals surface area (Å²) in [5.74, 6) is -1.51. The quantitative estimate of drug-likeness (QED) is 0.837. The summed E-state index contributed by atoms with van der Waals surface area (Å²) in [6.07, 6.45) is 2.45. The lowest BCUT2D eigenvalue weighted by molar-refractivity contribution is 0.0690. The minimum absolute atomic E-state index is 0.139. The van der Waals surface area contributed by atoms with E-state index in [1.54, 1.807) is 12.1 Å². The summed E-state index contributed by atoms with van der Waals surface area (Å²) in [5, 5.41) is 8.63. The molecule has 0 bridgehead atoms. The van der Waals surface area contributed by atoms with Gasteiger partial charge >= 0.3 is 5.97 Å². The standard InChI is InChI=1S/C11H7FN2O2/c12-8-3-1-2-7(4-8)9-5-14-10(6-13-9)11(15)16/h1-6H,(H,15,16). The fourth-order valence-electron chi connectivity index (χ4n) is 1.24. The topological polar surface area (TPSA) is 63.1 Å². The summed E-state index contributed by atoms with van der Waals surface area (Å²) in [7, 11) is 0. The third kappa shape index (κ3) is 2.03. The van der Waals surface area contributed by atoms with Crippen LogP contribution in [-0.2, 0) is 0 Å². The van der Waals surface area contributed by atoms with Crippen LogP contribution in [0.2, 0.25) is 0 Å². The number of carbonyl (C=O) groups is 1. The second-order valence-corrected chi connectivity index (χ2v) is 3.10. The summed E-state index contributed by atoms with van der Waals surface area (Å²) >= 11 is 0. The van der Waals surface area contributed by atoms with Crippen molar-refractivity contribution < 1.29 is 14.3 Å². The largest absolute Gasteiger partial charge is 0.476 e. The zero-order valence-corrected chi connectivity index (χ0v) is 8.09. The minimum atomic E-state index is -1.14. The monoisotopic (exact) mass is 218 g/mol. The first-order valence-corrected chi connectivity index (χ1v) is 4.48. The lowest BCUT2D eigenvalue weighted by atomic mass is 10.1. The van der Waals surface area contributed by atoms with Gasteiger partial charge in [0.05, 0.1) is 18.1 Å². The number of aromatic carboxylic acids is 1. The van der Waals surface area contributed by atoms with Crippen LogP contribution in [-0.4, -0.2) is 21.0 Å². The van der Waals surface area contributed by atoms with Crippen LogP contribution < -0.4 is 0 Å². The molecule has 0 fully saturated rings. The smallest absolute Gasteiger partial charge is 0.356 e. The number of benzene rings is 1. The van der Waals surface area contributed by atoms with Gasteiger partial charge in [0.25, 0.3) is 0 Å². The zero-order valence-electron chi connectivity index (χ0n) is 8.09. The van der Waals surface area contributed by atoms with Gasteiger partial charge in [0.15, 0.2) is 5.69 Å². The number of halogens is 1. The Hall–Kier alpha value is -2.30. The summed E-state index contributed by atoms with van der Waals surface area (Å²) in [5.41, 5.74) is 0.856. The van der Waals surface area contributed by atoms with Crippen molar-refractivity contribution in [1.29, 1.82) is 0 Å². The Morgan fingerprint density at radius 1 is 1.25 bits per heavy atom. The van der Waals surface area contributed by atoms with Gasteiger partial charge in [-0.2, -0.15) is 0 Å². The molecule has 1 heterocycles. The van der Waals surface area contributed by atoms with E-state index in [2.05, 4.69) is 9.97 Å². The number of rotatable bonds is 2. The first-order chi connectivity index (χ1) is 7.66. The van der Waals surface area contributed by atoms with Crippen LogP contribution in [0, 0.1) is 5.82 Å². The van der Waals surface area contributed by atoms with Crippen molar-refractivity contribution in [3.8, 4) is 11.3 Å². The van der Waals surface area contributed by atoms with E-state index in [-0.39, 0.29) is 11.5 Å². The molecule has 2 aromatic rings. The van der Waals surface area contributed by atoms with Crippen molar-refractivity contribution in [2.75, 3.05) is 0 Å². The third-order valence-electron chi connectivity index (χ3n) is 1.99. The maximum atomic E-state index is 12.9. The van der Waals surface area contributed by atoms with Crippen LogP contribution in [0.25, 0.3) is 11.3 Å². The number of carboxylic acids is 1. The van der Waals surface area contributed by atoms with Crippen molar-refractivity contribution in [3.63, 3.8) is 0 Å². The highest BCUT2D eigenvalue weighted by Crippen LogP contribution is 2.16. The van der Waals surface area contributed by atoms with E-state index in [1.165, 1.54) is 18.3 Å². The van der Waals surface area contributed by atoms with Crippen molar-refractivity contribution in [3.05, 3.63) is 48.2 Å². The van der Waals surface area contributed by atoms with Gasteiger partial charge in [-0.05, 0) is 12.1 Å². The van der Waals surface area contributed by atoms with E-state index in [9.17, 15) is 9.18 Å². The van der Waals surface area contributed by atoms with Crippen molar-refractivity contribution in [2.45, 2.75) is 0 Å². The maximum absolute atomic E-state index is 12.9. The number of aromatic nitrogens is 2. The van der Waals surface area contributed by atoms with E-state index < -0.39 is 5.97 Å². The van der Waals surface area contributed by atoms with Crippen LogP contribution >= 0.6 is 0 Å². The van der Waals surface area contributed by atoms with E-state index in [4.69, 9.17) is 5.11 Å². The summed E-state index contributed by atoms with van der Waals surface area (Å²) in [6, 6.07) is 5.86. The molecule has 5 heteroatoms. The molecule has 4 nitrogen and oxygen atoms in total. The summed E-state index contributed by atoms with van der Waals surface area (Å²) in [4.78, 5) is 18.1. The van der Waals surface area contributed by atoms with Gasteiger partial charge < -0.3 is 5.11 Å². The summed E-state index contributed by atoms with van der Waals surface area (Å²) < 4.78 is 12.9. The zero-order chi connectivity index (χ0) is 11.5. The molecule has 0 saturated carbocycles. The molecule has 0 unspecified atom stereocenters. The van der Waals surface area contributed by atoms with Crippen molar-refractivity contribution in [1.82, 2.24) is 9.97 Å². The van der Waals surface area contributed by atoms with Gasteiger partial charge in [0.2, 0.25) is 0 Å². The molecule has 2 rings (SSSR count). The molecule has 0 radical (unpaired) electrons. The predicted molar refractivity (Wildman–Crippen MR) is 54.4 cm³/mol. The molecule has 0 aliphatic heterocycles. The highest BCUT2D eigenvalue weighted by atomic mass is 19.1. The van der Waals surface area contributed by atoms with E-state index in [0.29, 0.717) is 11.3 Å². The fourth-order valence-corrected chi connectivity index (χ4v) is 1.24. The number of hydrogen-bond donors (Lipinski definition) is 1. The molecular formula is C11H7FN2O2. The molecule has 80 valence electrons. The Morgan fingerprint density at radius 3 is 2.62 bits per heavy atom. The van der Waals surface area contributed by atoms with Gasteiger partial charge in [0, 0.05) is 5.56 Å². The van der Waals surface area contributed by atoms with Crippen LogP contribution in [0.4, 0.5) is 4.39 Å². The van der Waals surface area contributed by atoms with Crippen LogP contribution in [0.1, 0.15) is 10.5 Å². The minimum Gasteiger partial charge on any atom is -0.476 e. The average molecular weight is 218 g/mol. The second-order valence-electron chi connectivity index (χ2n) is 3.10. The Balaban J connectivity index is 2.38. The molecule has 1 aromatic carbocycles. The Bertz CT molecular complexity index is 526. The SMILES string of the molecule is O=C(O)c1cnc(-c2cccc(F)c2)cn1. The molecule has 0 amide bonds. The first kappa shape index (κ1) is 10.2. The highest BCUT2D eigenvalue weighted by molar-refractivity contribution is 5.85. The molecule has 0 aliphatic carbocycles. The summed E-state index contributed by atoms with van der Waals surface area (Å²) in [6.45, 7) is 0. The highest BCUT2D eigenvalue weighted by Gasteiger charge is 2.06. The number of hydrogen-bond acceptors (Lipinski definition) is 3. The Morgan fingerprint density at radius 2 is 2.06 bits per heavy atom. The molecule has 0 saturated heterocycles. The normalized spacial score (nSPS) is 10.1. The fraction of sp³-hybridized carbons (Fsp3) is 0. The van der Waals surface area contributed by atoms with Gasteiger partial charge in [0.1, 0.15) is 5.82 Å². The molecule has 0 atom stereocenters. The van der Waals surface area contributed by atoms with Crippen LogP contribution in [0.3, 0.4) is 0 Å². The van der Waals surface area contributed by atoms with Crippen LogP contribution in [0.15, 0.2) is 36.7 Å². The van der Waals surface area contributed by atoms with E-state index >= 15 is 0 Å². The van der Waals surface area contributed by atoms with E-state index in [1.807, 2.05) is 0 Å². The average Bonchev–Trinajstić information content (AvgIpc) is 2.29. The maximum Gasteiger partial charge on any atom is 0.356 e. The molecule has 1 aromatic heterocycles. The van der Waals surface area contributed by atoms with Gasteiger partial charge in [-0.15, -0.1) is 0 Å². The molecule has 0 spiro atoms. The van der Waals surface area contributed by atoms with Crippen molar-refractivity contribution >= 4 is 5.97 Å². The number of carboxylic acid groups (broad SMARTS) is 1. The molecular weight excluding hydrogens is 211 g/mol. The van der Waals surface area contributed by atoms with E-state index in [0.717, 1.165) is 6.20 Å². The van der Waals surface area contributed by atoms with Gasteiger partial charge in [-0.25, -0.2) is 14.2 Å². The second kappa shape index (κ2) is 4.06. The van der Waals surface area contributed by atoms with Gasteiger partial charge in [-0.1, -0.05) is 12.1 Å². The molecule has 1 N–H and O–H groups in total. The number of nitrogens with zero attached hydrogens (tertiary/aromatic N) is 2. The van der Waals surface area contributed by atoms with Crippen LogP contribution in [0.5, 0.6) is 0 Å². The Labute approximate surface area is 90.4 Å². The van der Waals surface area contributed by atoms with Crippen molar-refractivity contribution in [2.24, 2.45) is 0 Å². The lowest BCUT2D eigenvalue weighted by Crippen LogP contribution is -2.01. The first-order valence-electron chi connectivity index (χ1n) is 4.48.